The lowest BCUT2D eigenvalue weighted by molar-refractivity contribution is 0.0937. The van der Waals surface area contributed by atoms with Crippen LogP contribution in [0.25, 0.3) is 0 Å². The summed E-state index contributed by atoms with van der Waals surface area (Å²) in [6, 6.07) is 0.0716. The molecule has 0 aliphatic carbocycles. The molecule has 2 aromatic heterocycles. The van der Waals surface area contributed by atoms with E-state index in [1.54, 1.807) is 10.9 Å². The second kappa shape index (κ2) is 5.41. The third kappa shape index (κ3) is 2.69. The van der Waals surface area contributed by atoms with Gasteiger partial charge >= 0.3 is 0 Å². The summed E-state index contributed by atoms with van der Waals surface area (Å²) in [7, 11) is 1.82. The zero-order valence-electron chi connectivity index (χ0n) is 11.2. The lowest BCUT2D eigenvalue weighted by atomic mass is 10.2. The van der Waals surface area contributed by atoms with Gasteiger partial charge in [-0.25, -0.2) is 0 Å². The lowest BCUT2D eigenvalue weighted by Gasteiger charge is -2.01. The van der Waals surface area contributed by atoms with Crippen molar-refractivity contribution < 1.29 is 9.32 Å². The van der Waals surface area contributed by atoms with Gasteiger partial charge in [0.15, 0.2) is 0 Å². The van der Waals surface area contributed by atoms with Gasteiger partial charge in [-0.2, -0.15) is 10.1 Å². The molecule has 1 aliphatic heterocycles. The number of carbonyl (C=O) groups is 1. The van der Waals surface area contributed by atoms with Crippen molar-refractivity contribution in [3.63, 3.8) is 0 Å². The van der Waals surface area contributed by atoms with Gasteiger partial charge in [0, 0.05) is 25.4 Å². The monoisotopic (exact) mass is 276 g/mol. The van der Waals surface area contributed by atoms with E-state index in [0.29, 0.717) is 12.4 Å². The Bertz CT molecular complexity index is 599. The van der Waals surface area contributed by atoms with Crippen molar-refractivity contribution in [2.24, 2.45) is 7.05 Å². The number of rotatable bonds is 4. The molecule has 3 rings (SSSR count). The molecule has 1 unspecified atom stereocenters. The number of nitrogens with one attached hydrogen (secondary N) is 2. The molecule has 8 heteroatoms. The maximum absolute atomic E-state index is 11.9. The summed E-state index contributed by atoms with van der Waals surface area (Å²) in [6.45, 7) is 1.33. The minimum Gasteiger partial charge on any atom is -0.345 e. The summed E-state index contributed by atoms with van der Waals surface area (Å²) in [6.07, 6.45) is 5.57. The first kappa shape index (κ1) is 12.8. The second-order valence-corrected chi connectivity index (χ2v) is 4.81. The molecule has 0 spiro atoms. The van der Waals surface area contributed by atoms with Crippen molar-refractivity contribution in [1.29, 1.82) is 0 Å². The van der Waals surface area contributed by atoms with Crippen molar-refractivity contribution in [1.82, 2.24) is 30.6 Å². The highest BCUT2D eigenvalue weighted by atomic mass is 16.5. The SMILES string of the molecule is Cn1cc(CNC(=O)c2noc(C3CCCN3)n2)cn1. The van der Waals surface area contributed by atoms with Crippen LogP contribution in [-0.4, -0.2) is 32.4 Å². The number of aryl methyl sites for hydroxylation is 1. The zero-order valence-corrected chi connectivity index (χ0v) is 11.2. The number of nitrogens with zero attached hydrogens (tertiary/aromatic N) is 4. The quantitative estimate of drug-likeness (QED) is 0.825. The van der Waals surface area contributed by atoms with Gasteiger partial charge < -0.3 is 15.2 Å². The molecule has 3 heterocycles. The minimum absolute atomic E-state index is 0.0672. The van der Waals surface area contributed by atoms with Crippen molar-refractivity contribution in [3.05, 3.63) is 29.7 Å². The Morgan fingerprint density at radius 2 is 2.55 bits per heavy atom. The predicted octanol–water partition coefficient (Wildman–Crippen LogP) is 0.158. The summed E-state index contributed by atoms with van der Waals surface area (Å²) >= 11 is 0. The fourth-order valence-corrected chi connectivity index (χ4v) is 2.19. The van der Waals surface area contributed by atoms with E-state index in [2.05, 4.69) is 25.9 Å². The molecule has 1 fully saturated rings. The van der Waals surface area contributed by atoms with Crippen LogP contribution < -0.4 is 10.6 Å². The van der Waals surface area contributed by atoms with Gasteiger partial charge in [-0.3, -0.25) is 9.48 Å². The molecule has 2 N–H and O–H groups in total. The molecule has 1 saturated heterocycles. The largest absolute Gasteiger partial charge is 0.345 e. The van der Waals surface area contributed by atoms with Crippen molar-refractivity contribution in [3.8, 4) is 0 Å². The van der Waals surface area contributed by atoms with E-state index in [9.17, 15) is 4.79 Å². The molecular weight excluding hydrogens is 260 g/mol. The van der Waals surface area contributed by atoms with E-state index in [1.807, 2.05) is 13.2 Å². The van der Waals surface area contributed by atoms with Crippen molar-refractivity contribution in [2.45, 2.75) is 25.4 Å². The van der Waals surface area contributed by atoms with Crippen LogP contribution in [0.4, 0.5) is 0 Å². The van der Waals surface area contributed by atoms with Gasteiger partial charge in [0.2, 0.25) is 5.89 Å². The minimum atomic E-state index is -0.346. The highest BCUT2D eigenvalue weighted by Gasteiger charge is 2.24. The van der Waals surface area contributed by atoms with E-state index in [1.165, 1.54) is 0 Å². The van der Waals surface area contributed by atoms with E-state index >= 15 is 0 Å². The van der Waals surface area contributed by atoms with E-state index in [4.69, 9.17) is 4.52 Å². The summed E-state index contributed by atoms with van der Waals surface area (Å²) in [5.41, 5.74) is 0.919. The van der Waals surface area contributed by atoms with E-state index < -0.39 is 0 Å². The van der Waals surface area contributed by atoms with Crippen LogP contribution >= 0.6 is 0 Å². The maximum atomic E-state index is 11.9. The number of hydrogen-bond donors (Lipinski definition) is 2. The molecular formula is C12H16N6O2. The number of hydrogen-bond acceptors (Lipinski definition) is 6. The Labute approximate surface area is 115 Å². The third-order valence-corrected chi connectivity index (χ3v) is 3.21. The molecule has 1 aliphatic rings. The molecule has 0 bridgehead atoms. The molecule has 0 aromatic carbocycles. The molecule has 1 amide bonds. The average Bonchev–Trinajstić information content (AvgIpc) is 3.16. The van der Waals surface area contributed by atoms with Gasteiger partial charge in [0.1, 0.15) is 0 Å². The Kier molecular flexibility index (Phi) is 3.46. The van der Waals surface area contributed by atoms with Crippen LogP contribution in [0.1, 0.15) is 41.0 Å². The standard InChI is InChI=1S/C12H16N6O2/c1-18-7-8(6-15-18)5-14-11(19)10-16-12(20-17-10)9-3-2-4-13-9/h6-7,9,13H,2-5H2,1H3,(H,14,19). The van der Waals surface area contributed by atoms with Crippen LogP contribution in [-0.2, 0) is 13.6 Å². The highest BCUT2D eigenvalue weighted by Crippen LogP contribution is 2.20. The molecule has 106 valence electrons. The van der Waals surface area contributed by atoms with Crippen molar-refractivity contribution in [2.75, 3.05) is 6.54 Å². The first-order valence-corrected chi connectivity index (χ1v) is 6.55. The topological polar surface area (TPSA) is 97.9 Å². The van der Waals surface area contributed by atoms with Crippen LogP contribution in [0, 0.1) is 0 Å². The fourth-order valence-electron chi connectivity index (χ4n) is 2.19. The number of carbonyl (C=O) groups excluding carboxylic acids is 1. The van der Waals surface area contributed by atoms with Crippen molar-refractivity contribution >= 4 is 5.91 Å². The first-order chi connectivity index (χ1) is 9.72. The normalized spacial score (nSPS) is 18.4. The van der Waals surface area contributed by atoms with Crippen LogP contribution in [0.2, 0.25) is 0 Å². The van der Waals surface area contributed by atoms with Gasteiger partial charge in [0.25, 0.3) is 11.7 Å². The molecule has 1 atom stereocenters. The van der Waals surface area contributed by atoms with Gasteiger partial charge in [-0.05, 0) is 19.4 Å². The summed E-state index contributed by atoms with van der Waals surface area (Å²) in [4.78, 5) is 16.0. The van der Waals surface area contributed by atoms with E-state index in [0.717, 1.165) is 24.9 Å². The molecule has 2 aromatic rings. The Morgan fingerprint density at radius 3 is 3.25 bits per heavy atom. The molecule has 0 saturated carbocycles. The Balaban J connectivity index is 1.59. The molecule has 20 heavy (non-hydrogen) atoms. The summed E-state index contributed by atoms with van der Waals surface area (Å²) in [5, 5.41) is 13.7. The van der Waals surface area contributed by atoms with Gasteiger partial charge in [-0.15, -0.1) is 0 Å². The Hall–Kier alpha value is -2.22. The number of aromatic nitrogens is 4. The van der Waals surface area contributed by atoms with Crippen LogP contribution in [0.3, 0.4) is 0 Å². The Morgan fingerprint density at radius 1 is 1.65 bits per heavy atom. The lowest BCUT2D eigenvalue weighted by Crippen LogP contribution is -2.24. The van der Waals surface area contributed by atoms with Gasteiger partial charge in [0.05, 0.1) is 12.2 Å². The van der Waals surface area contributed by atoms with Gasteiger partial charge in [-0.1, -0.05) is 5.16 Å². The maximum Gasteiger partial charge on any atom is 0.292 e. The number of amides is 1. The smallest absolute Gasteiger partial charge is 0.292 e. The third-order valence-electron chi connectivity index (χ3n) is 3.21. The van der Waals surface area contributed by atoms with Crippen LogP contribution in [0.5, 0.6) is 0 Å². The first-order valence-electron chi connectivity index (χ1n) is 6.55. The van der Waals surface area contributed by atoms with E-state index in [-0.39, 0.29) is 17.8 Å². The predicted molar refractivity (Wildman–Crippen MR) is 68.7 cm³/mol. The second-order valence-electron chi connectivity index (χ2n) is 4.81. The average molecular weight is 276 g/mol. The molecule has 0 radical (unpaired) electrons. The van der Waals surface area contributed by atoms with Crippen LogP contribution in [0.15, 0.2) is 16.9 Å². The summed E-state index contributed by atoms with van der Waals surface area (Å²) < 4.78 is 6.81. The molecule has 8 nitrogen and oxygen atoms in total. The summed E-state index contributed by atoms with van der Waals surface area (Å²) in [5.74, 6) is 0.202. The highest BCUT2D eigenvalue weighted by molar-refractivity contribution is 5.90. The zero-order chi connectivity index (χ0) is 13.9. The fraction of sp³-hybridized carbons (Fsp3) is 0.500.